The van der Waals surface area contributed by atoms with Gasteiger partial charge in [-0.2, -0.15) is 0 Å². The summed E-state index contributed by atoms with van der Waals surface area (Å²) in [5, 5.41) is 8.70. The Bertz CT molecular complexity index is 1300. The van der Waals surface area contributed by atoms with Gasteiger partial charge in [-0.25, -0.2) is 0 Å². The van der Waals surface area contributed by atoms with E-state index in [0.29, 0.717) is 18.7 Å². The second kappa shape index (κ2) is 9.53. The fourth-order valence-corrected chi connectivity index (χ4v) is 4.65. The van der Waals surface area contributed by atoms with E-state index < -0.39 is 0 Å². The molecule has 0 saturated carbocycles. The maximum absolute atomic E-state index is 13.2. The van der Waals surface area contributed by atoms with Crippen LogP contribution >= 0.6 is 0 Å². The van der Waals surface area contributed by atoms with Crippen LogP contribution in [0.2, 0.25) is 0 Å². The van der Waals surface area contributed by atoms with Gasteiger partial charge in [0.05, 0.1) is 0 Å². The molecule has 0 N–H and O–H groups in total. The molecule has 0 bridgehead atoms. The zero-order chi connectivity index (χ0) is 24.4. The molecule has 0 radical (unpaired) electrons. The van der Waals surface area contributed by atoms with Gasteiger partial charge in [-0.3, -0.25) is 9.20 Å². The molecule has 1 atom stereocenters. The molecule has 6 nitrogen and oxygen atoms in total. The molecule has 4 aromatic rings. The molecule has 35 heavy (non-hydrogen) atoms. The predicted octanol–water partition coefficient (Wildman–Crippen LogP) is 5.63. The SMILES string of the molecule is CC(C)(C)c1ccc(OCc2ccc(C(=O)N3CCC[C@@H](c4nnc5ccccn45)C3)cc2)cc1. The Balaban J connectivity index is 1.21. The topological polar surface area (TPSA) is 59.7 Å². The molecule has 0 unspecified atom stereocenters. The van der Waals surface area contributed by atoms with Crippen molar-refractivity contribution in [1.29, 1.82) is 0 Å². The zero-order valence-electron chi connectivity index (χ0n) is 20.6. The first-order valence-electron chi connectivity index (χ1n) is 12.3. The van der Waals surface area contributed by atoms with Gasteiger partial charge in [0.25, 0.3) is 5.91 Å². The Morgan fingerprint density at radius 3 is 2.51 bits per heavy atom. The second-order valence-electron chi connectivity index (χ2n) is 10.3. The van der Waals surface area contributed by atoms with Crippen LogP contribution in [0.5, 0.6) is 5.75 Å². The van der Waals surface area contributed by atoms with E-state index in [2.05, 4.69) is 43.1 Å². The van der Waals surface area contributed by atoms with Gasteiger partial charge in [0, 0.05) is 30.8 Å². The van der Waals surface area contributed by atoms with Crippen molar-refractivity contribution in [3.8, 4) is 5.75 Å². The normalized spacial score (nSPS) is 16.4. The number of amides is 1. The second-order valence-corrected chi connectivity index (χ2v) is 10.3. The smallest absolute Gasteiger partial charge is 0.253 e. The predicted molar refractivity (Wildman–Crippen MR) is 137 cm³/mol. The third kappa shape index (κ3) is 5.06. The molecule has 6 heteroatoms. The number of likely N-dealkylation sites (tertiary alicyclic amines) is 1. The number of ether oxygens (including phenoxy) is 1. The summed E-state index contributed by atoms with van der Waals surface area (Å²) in [6.45, 7) is 8.49. The summed E-state index contributed by atoms with van der Waals surface area (Å²) in [5.41, 5.74) is 3.99. The number of hydrogen-bond acceptors (Lipinski definition) is 4. The molecule has 2 aromatic carbocycles. The molecule has 1 fully saturated rings. The van der Waals surface area contributed by atoms with E-state index in [1.54, 1.807) is 0 Å². The Hall–Kier alpha value is -3.67. The minimum atomic E-state index is 0.0637. The largest absolute Gasteiger partial charge is 0.489 e. The van der Waals surface area contributed by atoms with Gasteiger partial charge in [0.15, 0.2) is 5.65 Å². The highest BCUT2D eigenvalue weighted by atomic mass is 16.5. The summed E-state index contributed by atoms with van der Waals surface area (Å²) in [5.74, 6) is 2.02. The van der Waals surface area contributed by atoms with Crippen LogP contribution in [0.25, 0.3) is 5.65 Å². The Kier molecular flexibility index (Phi) is 6.29. The lowest BCUT2D eigenvalue weighted by atomic mass is 9.87. The summed E-state index contributed by atoms with van der Waals surface area (Å²) < 4.78 is 7.99. The number of hydrogen-bond donors (Lipinski definition) is 0. The summed E-state index contributed by atoms with van der Waals surface area (Å²) in [4.78, 5) is 15.2. The molecular weight excluding hydrogens is 436 g/mol. The van der Waals surface area contributed by atoms with Crippen LogP contribution in [0.4, 0.5) is 0 Å². The maximum Gasteiger partial charge on any atom is 0.253 e. The summed E-state index contributed by atoms with van der Waals surface area (Å²) in [7, 11) is 0. The van der Waals surface area contributed by atoms with E-state index in [-0.39, 0.29) is 17.2 Å². The van der Waals surface area contributed by atoms with Crippen molar-refractivity contribution in [1.82, 2.24) is 19.5 Å². The number of pyridine rings is 1. The van der Waals surface area contributed by atoms with Crippen LogP contribution in [-0.4, -0.2) is 38.5 Å². The van der Waals surface area contributed by atoms with Crippen molar-refractivity contribution in [2.75, 3.05) is 13.1 Å². The lowest BCUT2D eigenvalue weighted by molar-refractivity contribution is 0.0704. The molecule has 1 aliphatic heterocycles. The van der Waals surface area contributed by atoms with Gasteiger partial charge in [-0.1, -0.05) is 51.1 Å². The highest BCUT2D eigenvalue weighted by molar-refractivity contribution is 5.94. The van der Waals surface area contributed by atoms with Crippen molar-refractivity contribution in [3.05, 3.63) is 95.4 Å². The van der Waals surface area contributed by atoms with E-state index in [1.807, 2.05) is 70.1 Å². The van der Waals surface area contributed by atoms with Gasteiger partial charge in [-0.05, 0) is 65.8 Å². The van der Waals surface area contributed by atoms with Crippen molar-refractivity contribution >= 4 is 11.6 Å². The van der Waals surface area contributed by atoms with Crippen LogP contribution < -0.4 is 4.74 Å². The van der Waals surface area contributed by atoms with E-state index >= 15 is 0 Å². The number of carbonyl (C=O) groups excluding carboxylic acids is 1. The molecule has 0 spiro atoms. The van der Waals surface area contributed by atoms with Crippen molar-refractivity contribution < 1.29 is 9.53 Å². The van der Waals surface area contributed by atoms with E-state index in [0.717, 1.165) is 42.2 Å². The fraction of sp³-hybridized carbons (Fsp3) is 0.345. The minimum Gasteiger partial charge on any atom is -0.489 e. The molecular formula is C29H32N4O2. The van der Waals surface area contributed by atoms with Crippen molar-refractivity contribution in [2.24, 2.45) is 0 Å². The monoisotopic (exact) mass is 468 g/mol. The molecule has 3 heterocycles. The van der Waals surface area contributed by atoms with Crippen LogP contribution in [0.3, 0.4) is 0 Å². The molecule has 180 valence electrons. The molecule has 1 aliphatic rings. The number of piperidine rings is 1. The number of fused-ring (bicyclic) bond motifs is 1. The number of rotatable bonds is 5. The third-order valence-electron chi connectivity index (χ3n) is 6.74. The van der Waals surface area contributed by atoms with Gasteiger partial charge < -0.3 is 9.64 Å². The lowest BCUT2D eigenvalue weighted by Gasteiger charge is -2.32. The molecule has 5 rings (SSSR count). The van der Waals surface area contributed by atoms with Gasteiger partial charge >= 0.3 is 0 Å². The summed E-state index contributed by atoms with van der Waals surface area (Å²) in [6.07, 6.45) is 3.95. The summed E-state index contributed by atoms with van der Waals surface area (Å²) in [6, 6.07) is 21.9. The molecule has 1 saturated heterocycles. The number of aromatic nitrogens is 3. The molecule has 0 aliphatic carbocycles. The number of carbonyl (C=O) groups is 1. The number of benzene rings is 2. The van der Waals surface area contributed by atoms with Gasteiger partial charge in [0.2, 0.25) is 0 Å². The average molecular weight is 469 g/mol. The van der Waals surface area contributed by atoms with Crippen molar-refractivity contribution in [3.63, 3.8) is 0 Å². The maximum atomic E-state index is 13.2. The summed E-state index contributed by atoms with van der Waals surface area (Å²) >= 11 is 0. The zero-order valence-corrected chi connectivity index (χ0v) is 20.6. The highest BCUT2D eigenvalue weighted by Gasteiger charge is 2.28. The Morgan fingerprint density at radius 1 is 1.00 bits per heavy atom. The minimum absolute atomic E-state index is 0.0637. The quantitative estimate of drug-likeness (QED) is 0.381. The Labute approximate surface area is 206 Å². The first kappa shape index (κ1) is 23.1. The first-order chi connectivity index (χ1) is 16.9. The van der Waals surface area contributed by atoms with Crippen LogP contribution in [0, 0.1) is 0 Å². The van der Waals surface area contributed by atoms with Crippen LogP contribution in [-0.2, 0) is 12.0 Å². The van der Waals surface area contributed by atoms with Crippen LogP contribution in [0.15, 0.2) is 72.9 Å². The molecule has 1 amide bonds. The van der Waals surface area contributed by atoms with E-state index in [1.165, 1.54) is 5.56 Å². The van der Waals surface area contributed by atoms with E-state index in [9.17, 15) is 4.79 Å². The van der Waals surface area contributed by atoms with Gasteiger partial charge in [0.1, 0.15) is 18.2 Å². The van der Waals surface area contributed by atoms with Crippen LogP contribution in [0.1, 0.15) is 66.8 Å². The fourth-order valence-electron chi connectivity index (χ4n) is 4.65. The third-order valence-corrected chi connectivity index (χ3v) is 6.74. The van der Waals surface area contributed by atoms with E-state index in [4.69, 9.17) is 4.74 Å². The van der Waals surface area contributed by atoms with Gasteiger partial charge in [-0.15, -0.1) is 10.2 Å². The Morgan fingerprint density at radius 2 is 1.77 bits per heavy atom. The average Bonchev–Trinajstić information content (AvgIpc) is 3.31. The molecule has 2 aromatic heterocycles. The van der Waals surface area contributed by atoms with Crippen molar-refractivity contribution in [2.45, 2.75) is 51.6 Å². The standard InChI is InChI=1S/C29H32N4O2/c1-29(2,3)24-13-15-25(16-14-24)35-20-21-9-11-22(12-10-21)28(34)32-17-6-7-23(19-32)27-31-30-26-8-4-5-18-33(26)27/h4-5,8-16,18,23H,6-7,17,19-20H2,1-3H3/t23-/m1/s1. The number of nitrogens with zero attached hydrogens (tertiary/aromatic N) is 4. The highest BCUT2D eigenvalue weighted by Crippen LogP contribution is 2.27. The first-order valence-corrected chi connectivity index (χ1v) is 12.3. The lowest BCUT2D eigenvalue weighted by Crippen LogP contribution is -2.39.